The molecule has 154 valence electrons. The maximum absolute atomic E-state index is 12.9. The van der Waals surface area contributed by atoms with Gasteiger partial charge in [0.1, 0.15) is 17.6 Å². The summed E-state index contributed by atoms with van der Waals surface area (Å²) < 4.78 is 23.1. The highest BCUT2D eigenvalue weighted by Crippen LogP contribution is 2.18. The van der Waals surface area contributed by atoms with E-state index in [4.69, 9.17) is 9.47 Å². The van der Waals surface area contributed by atoms with Crippen LogP contribution in [0.4, 0.5) is 10.1 Å². The molecular weight excluding hydrogens is 379 g/mol. The van der Waals surface area contributed by atoms with E-state index in [0.717, 1.165) is 0 Å². The second-order valence-electron chi connectivity index (χ2n) is 6.56. The van der Waals surface area contributed by atoms with E-state index in [2.05, 4.69) is 10.6 Å². The van der Waals surface area contributed by atoms with Gasteiger partial charge in [0, 0.05) is 5.69 Å². The predicted molar refractivity (Wildman–Crippen MR) is 105 cm³/mol. The Morgan fingerprint density at radius 3 is 2.31 bits per heavy atom. The molecular formula is C21H23FN2O5. The van der Waals surface area contributed by atoms with E-state index in [1.165, 1.54) is 31.4 Å². The van der Waals surface area contributed by atoms with Crippen LogP contribution in [0.1, 0.15) is 24.2 Å². The van der Waals surface area contributed by atoms with Gasteiger partial charge in [0.25, 0.3) is 11.8 Å². The molecule has 0 saturated carbocycles. The summed E-state index contributed by atoms with van der Waals surface area (Å²) in [7, 11) is 1.44. The molecule has 0 aromatic heterocycles. The average molecular weight is 402 g/mol. The van der Waals surface area contributed by atoms with Crippen molar-refractivity contribution < 1.29 is 28.2 Å². The summed E-state index contributed by atoms with van der Waals surface area (Å²) in [6.45, 7) is 2.95. The lowest BCUT2D eigenvalue weighted by Crippen LogP contribution is -2.46. The maximum atomic E-state index is 12.9. The number of carbonyl (C=O) groups is 3. The molecule has 2 N–H and O–H groups in total. The van der Waals surface area contributed by atoms with Gasteiger partial charge < -0.3 is 20.1 Å². The van der Waals surface area contributed by atoms with Crippen molar-refractivity contribution in [3.8, 4) is 5.75 Å². The molecule has 2 amide bonds. The van der Waals surface area contributed by atoms with Gasteiger partial charge in [-0.25, -0.2) is 9.18 Å². The van der Waals surface area contributed by atoms with Gasteiger partial charge in [0.15, 0.2) is 6.61 Å². The van der Waals surface area contributed by atoms with E-state index >= 15 is 0 Å². The number of halogens is 1. The first-order valence-electron chi connectivity index (χ1n) is 8.97. The monoisotopic (exact) mass is 402 g/mol. The molecule has 2 rings (SSSR count). The fraction of sp³-hybridized carbons (Fsp3) is 0.286. The van der Waals surface area contributed by atoms with E-state index in [0.29, 0.717) is 11.4 Å². The van der Waals surface area contributed by atoms with Crippen LogP contribution in [0.3, 0.4) is 0 Å². The first-order valence-corrected chi connectivity index (χ1v) is 8.97. The summed E-state index contributed by atoms with van der Waals surface area (Å²) in [6.07, 6.45) is 0. The Kier molecular flexibility index (Phi) is 7.70. The van der Waals surface area contributed by atoms with Crippen LogP contribution in [0.15, 0.2) is 48.5 Å². The minimum absolute atomic E-state index is 0.277. The van der Waals surface area contributed by atoms with Crippen molar-refractivity contribution in [1.82, 2.24) is 5.32 Å². The number of hydrogen-bond donors (Lipinski definition) is 2. The number of nitrogens with one attached hydrogen (secondary N) is 2. The summed E-state index contributed by atoms with van der Waals surface area (Å²) >= 11 is 0. The molecule has 2 aromatic rings. The molecule has 0 saturated heterocycles. The average Bonchev–Trinajstić information content (AvgIpc) is 2.71. The third-order valence-corrected chi connectivity index (χ3v) is 4.03. The van der Waals surface area contributed by atoms with Gasteiger partial charge in [-0.15, -0.1) is 0 Å². The Morgan fingerprint density at radius 1 is 1.03 bits per heavy atom. The van der Waals surface area contributed by atoms with Gasteiger partial charge in [-0.3, -0.25) is 9.59 Å². The lowest BCUT2D eigenvalue weighted by molar-refractivity contribution is -0.150. The Bertz CT molecular complexity index is 868. The van der Waals surface area contributed by atoms with Crippen LogP contribution < -0.4 is 15.4 Å². The zero-order valence-corrected chi connectivity index (χ0v) is 16.4. The maximum Gasteiger partial charge on any atom is 0.329 e. The molecule has 0 aliphatic heterocycles. The van der Waals surface area contributed by atoms with Crippen LogP contribution in [0, 0.1) is 11.7 Å². The first-order chi connectivity index (χ1) is 13.8. The van der Waals surface area contributed by atoms with Crippen molar-refractivity contribution in [1.29, 1.82) is 0 Å². The van der Waals surface area contributed by atoms with Crippen LogP contribution >= 0.6 is 0 Å². The van der Waals surface area contributed by atoms with Crippen molar-refractivity contribution in [2.24, 2.45) is 5.92 Å². The molecule has 2 aromatic carbocycles. The third-order valence-electron chi connectivity index (χ3n) is 4.03. The summed E-state index contributed by atoms with van der Waals surface area (Å²) in [6, 6.07) is 10.8. The van der Waals surface area contributed by atoms with Gasteiger partial charge in [0.2, 0.25) is 0 Å². The van der Waals surface area contributed by atoms with Crippen LogP contribution in [-0.2, 0) is 14.3 Å². The summed E-state index contributed by atoms with van der Waals surface area (Å²) in [4.78, 5) is 36.9. The highest BCUT2D eigenvalue weighted by Gasteiger charge is 2.27. The fourth-order valence-corrected chi connectivity index (χ4v) is 2.51. The van der Waals surface area contributed by atoms with Crippen LogP contribution in [0.25, 0.3) is 0 Å². The molecule has 0 spiro atoms. The minimum Gasteiger partial charge on any atom is -0.496 e. The number of methoxy groups -OCH3 is 1. The molecule has 0 heterocycles. The second-order valence-corrected chi connectivity index (χ2v) is 6.56. The molecule has 0 fully saturated rings. The zero-order chi connectivity index (χ0) is 21.4. The van der Waals surface area contributed by atoms with Crippen molar-refractivity contribution >= 4 is 23.5 Å². The van der Waals surface area contributed by atoms with E-state index in [-0.39, 0.29) is 11.5 Å². The van der Waals surface area contributed by atoms with Crippen LogP contribution in [0.5, 0.6) is 5.75 Å². The lowest BCUT2D eigenvalue weighted by atomic mass is 10.0. The van der Waals surface area contributed by atoms with Gasteiger partial charge in [-0.1, -0.05) is 26.0 Å². The predicted octanol–water partition coefficient (Wildman–Crippen LogP) is 2.77. The molecule has 29 heavy (non-hydrogen) atoms. The Balaban J connectivity index is 1.95. The third kappa shape index (κ3) is 6.31. The molecule has 0 radical (unpaired) electrons. The number of para-hydroxylation sites is 1. The topological polar surface area (TPSA) is 93.7 Å². The SMILES string of the molecule is COc1ccccc1C(=O)N[C@H](C(=O)OCC(=O)Nc1ccc(F)cc1)C(C)C. The highest BCUT2D eigenvalue weighted by atomic mass is 19.1. The van der Waals surface area contributed by atoms with Crippen molar-refractivity contribution in [3.63, 3.8) is 0 Å². The van der Waals surface area contributed by atoms with E-state index in [9.17, 15) is 18.8 Å². The molecule has 7 nitrogen and oxygen atoms in total. The molecule has 0 aliphatic carbocycles. The van der Waals surface area contributed by atoms with Crippen molar-refractivity contribution in [2.45, 2.75) is 19.9 Å². The fourth-order valence-electron chi connectivity index (χ4n) is 2.51. The highest BCUT2D eigenvalue weighted by molar-refractivity contribution is 5.99. The largest absolute Gasteiger partial charge is 0.496 e. The van der Waals surface area contributed by atoms with E-state index in [1.54, 1.807) is 38.1 Å². The Labute approximate surface area is 168 Å². The quantitative estimate of drug-likeness (QED) is 0.663. The standard InChI is InChI=1S/C21H23FN2O5/c1-13(2)19(24-20(26)16-6-4-5-7-17(16)28-3)21(27)29-12-18(25)23-15-10-8-14(22)9-11-15/h4-11,13,19H,12H2,1-3H3,(H,23,25)(H,24,26)/t19-/m0/s1. The molecule has 0 unspecified atom stereocenters. The van der Waals surface area contributed by atoms with Crippen LogP contribution in [0.2, 0.25) is 0 Å². The van der Waals surface area contributed by atoms with Crippen molar-refractivity contribution in [2.75, 3.05) is 19.0 Å². The van der Waals surface area contributed by atoms with Gasteiger partial charge in [-0.05, 0) is 42.3 Å². The number of hydrogen-bond acceptors (Lipinski definition) is 5. The van der Waals surface area contributed by atoms with E-state index in [1.807, 2.05) is 0 Å². The van der Waals surface area contributed by atoms with Gasteiger partial charge in [0.05, 0.1) is 12.7 Å². The van der Waals surface area contributed by atoms with E-state index < -0.39 is 36.2 Å². The zero-order valence-electron chi connectivity index (χ0n) is 16.4. The number of ether oxygens (including phenoxy) is 2. The molecule has 1 atom stereocenters. The van der Waals surface area contributed by atoms with Gasteiger partial charge >= 0.3 is 5.97 Å². The Hall–Kier alpha value is -3.42. The van der Waals surface area contributed by atoms with Gasteiger partial charge in [-0.2, -0.15) is 0 Å². The smallest absolute Gasteiger partial charge is 0.329 e. The molecule has 8 heteroatoms. The lowest BCUT2D eigenvalue weighted by Gasteiger charge is -2.21. The molecule has 0 aliphatic rings. The number of amides is 2. The van der Waals surface area contributed by atoms with Crippen LogP contribution in [-0.4, -0.2) is 37.5 Å². The number of carbonyl (C=O) groups excluding carboxylic acids is 3. The summed E-state index contributed by atoms with van der Waals surface area (Å²) in [5.41, 5.74) is 0.653. The number of rotatable bonds is 8. The summed E-state index contributed by atoms with van der Waals surface area (Å²) in [5.74, 6) is -2.14. The number of benzene rings is 2. The first kappa shape index (κ1) is 21.9. The second kappa shape index (κ2) is 10.2. The normalized spacial score (nSPS) is 11.5. The molecule has 0 bridgehead atoms. The number of esters is 1. The minimum atomic E-state index is -0.953. The number of anilines is 1. The Morgan fingerprint density at radius 2 is 1.69 bits per heavy atom. The van der Waals surface area contributed by atoms with Crippen molar-refractivity contribution in [3.05, 3.63) is 59.9 Å². The summed E-state index contributed by atoms with van der Waals surface area (Å²) in [5, 5.41) is 5.11.